The van der Waals surface area contributed by atoms with Gasteiger partial charge in [-0.2, -0.15) is 0 Å². The molecule has 20 heavy (non-hydrogen) atoms. The van der Waals surface area contributed by atoms with E-state index in [0.29, 0.717) is 36.2 Å². The summed E-state index contributed by atoms with van der Waals surface area (Å²) in [4.78, 5) is 15.3. The number of nitrogens with one attached hydrogen (secondary N) is 2. The third kappa shape index (κ3) is 2.93. The molecule has 0 radical (unpaired) electrons. The summed E-state index contributed by atoms with van der Waals surface area (Å²) in [6.07, 6.45) is 0. The van der Waals surface area contributed by atoms with E-state index in [-0.39, 0.29) is 6.03 Å². The fraction of sp³-hybridized carbons (Fsp3) is 0.385. The Hall–Kier alpha value is -2.44. The number of hydrogen-bond acceptors (Lipinski definition) is 5. The van der Waals surface area contributed by atoms with Crippen molar-refractivity contribution in [3.05, 3.63) is 17.7 Å². The van der Waals surface area contributed by atoms with Crippen LogP contribution in [0.2, 0.25) is 0 Å². The second-order valence-electron chi connectivity index (χ2n) is 4.10. The fourth-order valence-electron chi connectivity index (χ4n) is 1.89. The van der Waals surface area contributed by atoms with Crippen LogP contribution in [-0.4, -0.2) is 39.7 Å². The summed E-state index contributed by atoms with van der Waals surface area (Å²) in [7, 11) is 4.68. The highest BCUT2D eigenvalue weighted by Crippen LogP contribution is 2.38. The number of urea groups is 1. The molecule has 1 saturated heterocycles. The average Bonchev–Trinajstić information content (AvgIpc) is 2.89. The summed E-state index contributed by atoms with van der Waals surface area (Å²) in [5, 5.41) is 5.24. The highest BCUT2D eigenvalue weighted by atomic mass is 16.5. The molecule has 0 aliphatic carbocycles. The third-order valence-corrected chi connectivity index (χ3v) is 2.85. The Labute approximate surface area is 116 Å². The Morgan fingerprint density at radius 2 is 1.80 bits per heavy atom. The molecular formula is C13H17N3O4. The van der Waals surface area contributed by atoms with Crippen LogP contribution in [0.1, 0.15) is 5.56 Å². The van der Waals surface area contributed by atoms with Gasteiger partial charge in [0.2, 0.25) is 5.75 Å². The lowest BCUT2D eigenvalue weighted by Crippen LogP contribution is -2.22. The number of hydrogen-bond donors (Lipinski definition) is 2. The van der Waals surface area contributed by atoms with Gasteiger partial charge in [0.1, 0.15) is 5.84 Å². The van der Waals surface area contributed by atoms with Crippen LogP contribution in [0, 0.1) is 0 Å². The quantitative estimate of drug-likeness (QED) is 0.840. The van der Waals surface area contributed by atoms with Crippen LogP contribution >= 0.6 is 0 Å². The molecule has 7 heteroatoms. The lowest BCUT2D eigenvalue weighted by atomic mass is 10.2. The zero-order chi connectivity index (χ0) is 14.5. The second kappa shape index (κ2) is 6.14. The van der Waals surface area contributed by atoms with Gasteiger partial charge in [-0.05, 0) is 17.7 Å². The van der Waals surface area contributed by atoms with Gasteiger partial charge >= 0.3 is 6.03 Å². The predicted molar refractivity (Wildman–Crippen MR) is 73.8 cm³/mol. The number of rotatable bonds is 5. The number of amidine groups is 1. The molecule has 0 saturated carbocycles. The van der Waals surface area contributed by atoms with Gasteiger partial charge in [-0.15, -0.1) is 0 Å². The molecule has 1 aromatic carbocycles. The van der Waals surface area contributed by atoms with Gasteiger partial charge in [-0.25, -0.2) is 4.79 Å². The normalized spacial score (nSPS) is 15.8. The molecule has 0 atom stereocenters. The highest BCUT2D eigenvalue weighted by molar-refractivity contribution is 6.04. The van der Waals surface area contributed by atoms with Crippen LogP contribution in [0.4, 0.5) is 4.79 Å². The minimum atomic E-state index is -0.228. The third-order valence-electron chi connectivity index (χ3n) is 2.85. The lowest BCUT2D eigenvalue weighted by molar-refractivity contribution is 0.249. The minimum Gasteiger partial charge on any atom is -0.493 e. The largest absolute Gasteiger partial charge is 0.493 e. The van der Waals surface area contributed by atoms with E-state index >= 15 is 0 Å². The topological polar surface area (TPSA) is 81.2 Å². The van der Waals surface area contributed by atoms with Crippen LogP contribution in [0.25, 0.3) is 0 Å². The van der Waals surface area contributed by atoms with E-state index in [9.17, 15) is 4.79 Å². The van der Waals surface area contributed by atoms with Crippen molar-refractivity contribution in [2.45, 2.75) is 6.54 Å². The molecule has 0 spiro atoms. The van der Waals surface area contributed by atoms with Gasteiger partial charge < -0.3 is 19.5 Å². The van der Waals surface area contributed by atoms with Crippen molar-refractivity contribution in [3.8, 4) is 17.2 Å². The highest BCUT2D eigenvalue weighted by Gasteiger charge is 2.15. The lowest BCUT2D eigenvalue weighted by Gasteiger charge is -2.13. The number of aliphatic imine (C=N–C) groups is 1. The first-order chi connectivity index (χ1) is 9.67. The molecule has 2 N–H and O–H groups in total. The maximum absolute atomic E-state index is 11.0. The Kier molecular flexibility index (Phi) is 4.29. The van der Waals surface area contributed by atoms with Gasteiger partial charge in [-0.1, -0.05) is 0 Å². The fourth-order valence-corrected chi connectivity index (χ4v) is 1.89. The van der Waals surface area contributed by atoms with Crippen LogP contribution in [0.5, 0.6) is 17.2 Å². The Morgan fingerprint density at radius 3 is 2.25 bits per heavy atom. The Balaban J connectivity index is 2.22. The summed E-state index contributed by atoms with van der Waals surface area (Å²) in [6, 6.07) is 3.43. The number of nitrogens with zero attached hydrogens (tertiary/aromatic N) is 1. The monoisotopic (exact) mass is 279 g/mol. The first-order valence-corrected chi connectivity index (χ1v) is 6.05. The Bertz CT molecular complexity index is 517. The number of carbonyl (C=O) groups is 1. The smallest absolute Gasteiger partial charge is 0.320 e. The number of benzene rings is 1. The van der Waals surface area contributed by atoms with E-state index in [2.05, 4.69) is 15.6 Å². The second-order valence-corrected chi connectivity index (χ2v) is 4.10. The predicted octanol–water partition coefficient (Wildman–Crippen LogP) is 0.924. The molecule has 7 nitrogen and oxygen atoms in total. The zero-order valence-corrected chi connectivity index (χ0v) is 11.6. The van der Waals surface area contributed by atoms with E-state index in [1.807, 2.05) is 12.1 Å². The number of amides is 2. The molecule has 0 bridgehead atoms. The van der Waals surface area contributed by atoms with Gasteiger partial charge in [-0.3, -0.25) is 10.3 Å². The van der Waals surface area contributed by atoms with Gasteiger partial charge in [0, 0.05) is 0 Å². The summed E-state index contributed by atoms with van der Waals surface area (Å²) in [5.74, 6) is 2.32. The van der Waals surface area contributed by atoms with Crippen molar-refractivity contribution in [2.75, 3.05) is 27.9 Å². The first-order valence-electron chi connectivity index (χ1n) is 6.05. The molecule has 1 aliphatic heterocycles. The molecule has 0 aromatic heterocycles. The van der Waals surface area contributed by atoms with E-state index in [1.54, 1.807) is 21.3 Å². The van der Waals surface area contributed by atoms with Crippen LogP contribution in [0.3, 0.4) is 0 Å². The van der Waals surface area contributed by atoms with Crippen molar-refractivity contribution >= 4 is 11.9 Å². The van der Waals surface area contributed by atoms with Gasteiger partial charge in [0.05, 0.1) is 34.4 Å². The standard InChI is InChI=1S/C13H17N3O4/c1-18-9-4-8(5-10(19-2)12(9)20-3)6-14-11-7-15-13(17)16-11/h4-5H,6-7H2,1-3H3,(H2,14,15,16,17). The van der Waals surface area contributed by atoms with E-state index < -0.39 is 0 Å². The van der Waals surface area contributed by atoms with E-state index in [1.165, 1.54) is 0 Å². The molecule has 1 aromatic rings. The summed E-state index contributed by atoms with van der Waals surface area (Å²) in [6.45, 7) is 0.831. The SMILES string of the molecule is COc1cc(CN=C2CNC(=O)N2)cc(OC)c1OC. The summed E-state index contributed by atoms with van der Waals surface area (Å²) in [5.41, 5.74) is 0.896. The molecule has 108 valence electrons. The number of methoxy groups -OCH3 is 3. The molecule has 2 amide bonds. The van der Waals surface area contributed by atoms with E-state index in [4.69, 9.17) is 14.2 Å². The average molecular weight is 279 g/mol. The summed E-state index contributed by atoms with van der Waals surface area (Å²) < 4.78 is 15.8. The molecule has 1 fully saturated rings. The molecule has 1 aliphatic rings. The summed E-state index contributed by atoms with van der Waals surface area (Å²) >= 11 is 0. The molecule has 0 unspecified atom stereocenters. The van der Waals surface area contributed by atoms with Crippen molar-refractivity contribution in [2.24, 2.45) is 4.99 Å². The zero-order valence-electron chi connectivity index (χ0n) is 11.6. The Morgan fingerprint density at radius 1 is 1.15 bits per heavy atom. The van der Waals surface area contributed by atoms with Crippen molar-refractivity contribution in [3.63, 3.8) is 0 Å². The number of ether oxygens (including phenoxy) is 3. The van der Waals surface area contributed by atoms with Crippen molar-refractivity contribution in [1.82, 2.24) is 10.6 Å². The van der Waals surface area contributed by atoms with Gasteiger partial charge in [0.15, 0.2) is 11.5 Å². The molecule has 1 heterocycles. The minimum absolute atomic E-state index is 0.228. The van der Waals surface area contributed by atoms with Crippen LogP contribution < -0.4 is 24.8 Å². The van der Waals surface area contributed by atoms with Crippen molar-refractivity contribution in [1.29, 1.82) is 0 Å². The first kappa shape index (κ1) is 14.0. The number of carbonyl (C=O) groups excluding carboxylic acids is 1. The van der Waals surface area contributed by atoms with E-state index in [0.717, 1.165) is 5.56 Å². The van der Waals surface area contributed by atoms with Crippen LogP contribution in [-0.2, 0) is 6.54 Å². The van der Waals surface area contributed by atoms with Crippen LogP contribution in [0.15, 0.2) is 17.1 Å². The van der Waals surface area contributed by atoms with Gasteiger partial charge in [0.25, 0.3) is 0 Å². The van der Waals surface area contributed by atoms with Crippen molar-refractivity contribution < 1.29 is 19.0 Å². The maximum Gasteiger partial charge on any atom is 0.320 e. The maximum atomic E-state index is 11.0. The molecule has 2 rings (SSSR count). The molecular weight excluding hydrogens is 262 g/mol.